The lowest BCUT2D eigenvalue weighted by Gasteiger charge is -2.38. The van der Waals surface area contributed by atoms with E-state index in [-0.39, 0.29) is 12.5 Å². The predicted octanol–water partition coefficient (Wildman–Crippen LogP) is 5.21. The normalized spacial score (nSPS) is 19.8. The van der Waals surface area contributed by atoms with Gasteiger partial charge in [-0.15, -0.1) is 0 Å². The van der Waals surface area contributed by atoms with Crippen LogP contribution in [0.4, 0.5) is 4.39 Å². The van der Waals surface area contributed by atoms with Gasteiger partial charge in [0.15, 0.2) is 0 Å². The zero-order valence-electron chi connectivity index (χ0n) is 15.8. The average Bonchev–Trinajstić information content (AvgIpc) is 2.60. The van der Waals surface area contributed by atoms with Crippen LogP contribution in [0.5, 0.6) is 0 Å². The van der Waals surface area contributed by atoms with Crippen LogP contribution in [-0.4, -0.2) is 42.7 Å². The van der Waals surface area contributed by atoms with Crippen molar-refractivity contribution >= 4 is 29.1 Å². The summed E-state index contributed by atoms with van der Waals surface area (Å²) in [5, 5.41) is 3.48. The molecule has 1 N–H and O–H groups in total. The molecule has 26 heavy (non-hydrogen) atoms. The van der Waals surface area contributed by atoms with Crippen LogP contribution >= 0.6 is 23.2 Å². The first-order chi connectivity index (χ1) is 12.2. The van der Waals surface area contributed by atoms with Gasteiger partial charge >= 0.3 is 0 Å². The number of rotatable bonds is 7. The van der Waals surface area contributed by atoms with E-state index < -0.39 is 5.67 Å². The van der Waals surface area contributed by atoms with Gasteiger partial charge in [0, 0.05) is 35.2 Å². The predicted molar refractivity (Wildman–Crippen MR) is 107 cm³/mol. The number of halogens is 3. The largest absolute Gasteiger partial charge is 0.349 e. The SMILES string of the molecule is CCC(C)C(C)CN1CCC(F)(CNC(=O)c2cc(Cl)cc(Cl)c2)CC1. The highest BCUT2D eigenvalue weighted by molar-refractivity contribution is 6.35. The first-order valence-corrected chi connectivity index (χ1v) is 10.1. The van der Waals surface area contributed by atoms with Crippen molar-refractivity contribution in [2.75, 3.05) is 26.2 Å². The lowest BCUT2D eigenvalue weighted by Crippen LogP contribution is -2.49. The molecular weight excluding hydrogens is 374 g/mol. The molecule has 1 aliphatic heterocycles. The maximum Gasteiger partial charge on any atom is 0.251 e. The van der Waals surface area contributed by atoms with Crippen molar-refractivity contribution in [1.82, 2.24) is 10.2 Å². The molecule has 0 aromatic heterocycles. The van der Waals surface area contributed by atoms with Crippen LogP contribution in [0.15, 0.2) is 18.2 Å². The van der Waals surface area contributed by atoms with Crippen molar-refractivity contribution in [1.29, 1.82) is 0 Å². The summed E-state index contributed by atoms with van der Waals surface area (Å²) in [6, 6.07) is 4.63. The van der Waals surface area contributed by atoms with Crippen LogP contribution in [0.2, 0.25) is 10.0 Å². The van der Waals surface area contributed by atoms with E-state index in [1.807, 2.05) is 0 Å². The molecule has 1 aliphatic rings. The van der Waals surface area contributed by atoms with Crippen molar-refractivity contribution in [2.45, 2.75) is 45.7 Å². The van der Waals surface area contributed by atoms with Crippen LogP contribution in [0.3, 0.4) is 0 Å². The number of hydrogen-bond donors (Lipinski definition) is 1. The van der Waals surface area contributed by atoms with E-state index in [1.165, 1.54) is 18.6 Å². The number of likely N-dealkylation sites (tertiary alicyclic amines) is 1. The highest BCUT2D eigenvalue weighted by Gasteiger charge is 2.35. The highest BCUT2D eigenvalue weighted by Crippen LogP contribution is 2.28. The molecule has 1 aromatic rings. The lowest BCUT2D eigenvalue weighted by molar-refractivity contribution is 0.0462. The number of nitrogens with one attached hydrogen (secondary N) is 1. The number of nitrogens with zero attached hydrogens (tertiary/aromatic N) is 1. The van der Waals surface area contributed by atoms with Gasteiger partial charge in [-0.05, 0) is 42.9 Å². The van der Waals surface area contributed by atoms with E-state index in [0.29, 0.717) is 40.3 Å². The van der Waals surface area contributed by atoms with E-state index in [0.717, 1.165) is 19.6 Å². The van der Waals surface area contributed by atoms with E-state index >= 15 is 4.39 Å². The average molecular weight is 403 g/mol. The van der Waals surface area contributed by atoms with Gasteiger partial charge in [0.1, 0.15) is 5.67 Å². The molecule has 2 unspecified atom stereocenters. The molecule has 6 heteroatoms. The van der Waals surface area contributed by atoms with Crippen molar-refractivity contribution in [2.24, 2.45) is 11.8 Å². The zero-order valence-corrected chi connectivity index (χ0v) is 17.3. The topological polar surface area (TPSA) is 32.3 Å². The quantitative estimate of drug-likeness (QED) is 0.678. The Morgan fingerprint density at radius 1 is 1.19 bits per heavy atom. The molecule has 1 heterocycles. The Labute approximate surface area is 166 Å². The standard InChI is InChI=1S/C20H29Cl2FN2O/c1-4-14(2)15(3)12-25-7-5-20(23,6-8-25)13-24-19(26)16-9-17(21)11-18(22)10-16/h9-11,14-15H,4-8,12-13H2,1-3H3,(H,24,26). The summed E-state index contributed by atoms with van der Waals surface area (Å²) in [4.78, 5) is 14.6. The van der Waals surface area contributed by atoms with Crippen LogP contribution in [0.25, 0.3) is 0 Å². The van der Waals surface area contributed by atoms with Crippen LogP contribution in [0.1, 0.15) is 50.4 Å². The summed E-state index contributed by atoms with van der Waals surface area (Å²) in [5.74, 6) is 0.939. The number of alkyl halides is 1. The minimum atomic E-state index is -1.35. The number of carbonyl (C=O) groups excluding carboxylic acids is 1. The Hall–Kier alpha value is -0.840. The second-order valence-corrected chi connectivity index (χ2v) is 8.53. The third-order valence-corrected chi connectivity index (χ3v) is 6.04. The van der Waals surface area contributed by atoms with Crippen LogP contribution in [0, 0.1) is 11.8 Å². The maximum atomic E-state index is 15.0. The molecular formula is C20H29Cl2FN2O. The van der Waals surface area contributed by atoms with Crippen molar-refractivity contribution in [3.05, 3.63) is 33.8 Å². The molecule has 0 saturated carbocycles. The summed E-state index contributed by atoms with van der Waals surface area (Å²) >= 11 is 11.8. The van der Waals surface area contributed by atoms with Crippen molar-refractivity contribution in [3.8, 4) is 0 Å². The van der Waals surface area contributed by atoms with E-state index in [9.17, 15) is 4.79 Å². The van der Waals surface area contributed by atoms with Crippen LogP contribution < -0.4 is 5.32 Å². The Kier molecular flexibility index (Phi) is 7.75. The van der Waals surface area contributed by atoms with Gasteiger partial charge in [0.05, 0.1) is 6.54 Å². The molecule has 2 atom stereocenters. The van der Waals surface area contributed by atoms with E-state index in [4.69, 9.17) is 23.2 Å². The van der Waals surface area contributed by atoms with Gasteiger partial charge in [0.25, 0.3) is 5.91 Å². The number of hydrogen-bond acceptors (Lipinski definition) is 2. The second-order valence-electron chi connectivity index (χ2n) is 7.66. The number of carbonyl (C=O) groups is 1. The molecule has 1 saturated heterocycles. The number of piperidine rings is 1. The molecule has 146 valence electrons. The molecule has 0 spiro atoms. The van der Waals surface area contributed by atoms with Crippen molar-refractivity contribution in [3.63, 3.8) is 0 Å². The highest BCUT2D eigenvalue weighted by atomic mass is 35.5. The van der Waals surface area contributed by atoms with E-state index in [1.54, 1.807) is 6.07 Å². The molecule has 0 aliphatic carbocycles. The van der Waals surface area contributed by atoms with Crippen LogP contribution in [-0.2, 0) is 0 Å². The maximum absolute atomic E-state index is 15.0. The molecule has 3 nitrogen and oxygen atoms in total. The minimum Gasteiger partial charge on any atom is -0.349 e. The second kappa shape index (κ2) is 9.38. The lowest BCUT2D eigenvalue weighted by atomic mass is 9.89. The van der Waals surface area contributed by atoms with Gasteiger partial charge in [-0.2, -0.15) is 0 Å². The zero-order chi connectivity index (χ0) is 19.3. The summed E-state index contributed by atoms with van der Waals surface area (Å²) in [7, 11) is 0. The third-order valence-electron chi connectivity index (χ3n) is 5.60. The third kappa shape index (κ3) is 6.11. The Morgan fingerprint density at radius 3 is 2.31 bits per heavy atom. The Morgan fingerprint density at radius 2 is 1.77 bits per heavy atom. The van der Waals surface area contributed by atoms with Gasteiger partial charge in [-0.1, -0.05) is 50.4 Å². The summed E-state index contributed by atoms with van der Waals surface area (Å²) in [5.41, 5.74) is -1.00. The fraction of sp³-hybridized carbons (Fsp3) is 0.650. The molecule has 0 radical (unpaired) electrons. The fourth-order valence-electron chi connectivity index (χ4n) is 3.33. The number of benzene rings is 1. The molecule has 1 amide bonds. The monoisotopic (exact) mass is 402 g/mol. The molecule has 0 bridgehead atoms. The Bertz CT molecular complexity index is 598. The molecule has 2 rings (SSSR count). The number of amides is 1. The first kappa shape index (κ1) is 21.5. The minimum absolute atomic E-state index is 0.0186. The summed E-state index contributed by atoms with van der Waals surface area (Å²) in [6.45, 7) is 9.24. The summed E-state index contributed by atoms with van der Waals surface area (Å²) < 4.78 is 15.0. The van der Waals surface area contributed by atoms with Gasteiger partial charge < -0.3 is 10.2 Å². The van der Waals surface area contributed by atoms with Gasteiger partial charge in [-0.25, -0.2) is 4.39 Å². The Balaban J connectivity index is 1.82. The van der Waals surface area contributed by atoms with Gasteiger partial charge in [-0.3, -0.25) is 4.79 Å². The molecule has 1 aromatic carbocycles. The molecule has 1 fully saturated rings. The fourth-order valence-corrected chi connectivity index (χ4v) is 3.85. The van der Waals surface area contributed by atoms with Crippen molar-refractivity contribution < 1.29 is 9.18 Å². The smallest absolute Gasteiger partial charge is 0.251 e. The van der Waals surface area contributed by atoms with Gasteiger partial charge in [0.2, 0.25) is 0 Å². The first-order valence-electron chi connectivity index (χ1n) is 9.38. The van der Waals surface area contributed by atoms with E-state index in [2.05, 4.69) is 31.0 Å². The summed E-state index contributed by atoms with van der Waals surface area (Å²) in [6.07, 6.45) is 2.05.